The predicted octanol–water partition coefficient (Wildman–Crippen LogP) is 3.59. The zero-order chi connectivity index (χ0) is 16.9. The Morgan fingerprint density at radius 3 is 2.71 bits per heavy atom. The Bertz CT molecular complexity index is 850. The molecule has 3 rings (SSSR count). The number of aromatic amines is 1. The summed E-state index contributed by atoms with van der Waals surface area (Å²) in [7, 11) is 0. The van der Waals surface area contributed by atoms with Crippen molar-refractivity contribution in [3.8, 4) is 11.3 Å². The summed E-state index contributed by atoms with van der Waals surface area (Å²) in [5, 5.41) is 16.5. The summed E-state index contributed by atoms with van der Waals surface area (Å²) in [6.45, 7) is 0.172. The summed E-state index contributed by atoms with van der Waals surface area (Å²) < 4.78 is 12.8. The maximum absolute atomic E-state index is 12.8. The maximum atomic E-state index is 12.8. The first-order valence-electron chi connectivity index (χ1n) is 7.08. The molecule has 0 spiro atoms. The molecule has 2 aromatic carbocycles. The topological polar surface area (TPSA) is 82.7 Å². The summed E-state index contributed by atoms with van der Waals surface area (Å²) in [6, 6.07) is 12.2. The Labute approximate surface area is 142 Å². The third-order valence-corrected chi connectivity index (χ3v) is 3.47. The number of nitrogens with zero attached hydrogens (tertiary/aromatic N) is 2. The third kappa shape index (κ3) is 3.88. The van der Waals surface area contributed by atoms with E-state index in [2.05, 4.69) is 26.0 Å². The number of hydrogen-bond donors (Lipinski definition) is 3. The number of H-pyrrole nitrogens is 1. The van der Waals surface area contributed by atoms with E-state index < -0.39 is 6.03 Å². The van der Waals surface area contributed by atoms with Crippen LogP contribution in [-0.4, -0.2) is 21.4 Å². The molecule has 122 valence electrons. The van der Waals surface area contributed by atoms with Crippen LogP contribution >= 0.6 is 11.6 Å². The molecule has 8 heteroatoms. The Morgan fingerprint density at radius 1 is 1.17 bits per heavy atom. The molecule has 0 atom stereocenters. The van der Waals surface area contributed by atoms with Gasteiger partial charge in [-0.2, -0.15) is 15.4 Å². The van der Waals surface area contributed by atoms with Gasteiger partial charge in [-0.15, -0.1) is 0 Å². The zero-order valence-corrected chi connectivity index (χ0v) is 13.1. The molecular formula is C16H13ClFN5O. The first-order valence-corrected chi connectivity index (χ1v) is 7.45. The van der Waals surface area contributed by atoms with Crippen LogP contribution in [0.2, 0.25) is 5.02 Å². The normalized spacial score (nSPS) is 10.4. The van der Waals surface area contributed by atoms with Gasteiger partial charge >= 0.3 is 6.03 Å². The number of urea groups is 1. The number of anilines is 1. The summed E-state index contributed by atoms with van der Waals surface area (Å²) in [5.74, 6) is -0.366. The standard InChI is InChI=1S/C16H13ClFN5O/c17-11-3-1-2-10(8-11)15-14(21-23-22-15)9-19-16(24)20-13-6-4-12(18)5-7-13/h1-8H,9H2,(H2,19,20,24)(H,21,22,23). The Balaban J connectivity index is 1.64. The van der Waals surface area contributed by atoms with Crippen LogP contribution < -0.4 is 10.6 Å². The first-order chi connectivity index (χ1) is 11.6. The fraction of sp³-hybridized carbons (Fsp3) is 0.0625. The Hall–Kier alpha value is -2.93. The van der Waals surface area contributed by atoms with Crippen molar-refractivity contribution >= 4 is 23.3 Å². The van der Waals surface area contributed by atoms with E-state index in [1.54, 1.807) is 12.1 Å². The number of benzene rings is 2. The number of carbonyl (C=O) groups is 1. The molecule has 3 N–H and O–H groups in total. The quantitative estimate of drug-likeness (QED) is 0.675. The van der Waals surface area contributed by atoms with E-state index >= 15 is 0 Å². The molecule has 0 unspecified atom stereocenters. The van der Waals surface area contributed by atoms with Gasteiger partial charge in [-0.25, -0.2) is 9.18 Å². The number of nitrogens with one attached hydrogen (secondary N) is 3. The van der Waals surface area contributed by atoms with Crippen molar-refractivity contribution in [2.75, 3.05) is 5.32 Å². The monoisotopic (exact) mass is 345 g/mol. The van der Waals surface area contributed by atoms with Crippen LogP contribution in [0.1, 0.15) is 5.69 Å². The van der Waals surface area contributed by atoms with E-state index in [-0.39, 0.29) is 12.4 Å². The smallest absolute Gasteiger partial charge is 0.319 e. The average Bonchev–Trinajstić information content (AvgIpc) is 3.04. The van der Waals surface area contributed by atoms with Crippen molar-refractivity contribution in [1.29, 1.82) is 0 Å². The van der Waals surface area contributed by atoms with E-state index in [1.807, 2.05) is 12.1 Å². The van der Waals surface area contributed by atoms with E-state index in [4.69, 9.17) is 11.6 Å². The summed E-state index contributed by atoms with van der Waals surface area (Å²) in [5.41, 5.74) is 2.47. The molecule has 0 saturated heterocycles. The van der Waals surface area contributed by atoms with Crippen LogP contribution in [0, 0.1) is 5.82 Å². The molecule has 0 saturated carbocycles. The number of rotatable bonds is 4. The van der Waals surface area contributed by atoms with Crippen LogP contribution in [0.4, 0.5) is 14.9 Å². The molecule has 0 fully saturated rings. The van der Waals surface area contributed by atoms with E-state index in [0.29, 0.717) is 22.1 Å². The summed E-state index contributed by atoms with van der Waals surface area (Å²) in [4.78, 5) is 11.9. The third-order valence-electron chi connectivity index (χ3n) is 3.24. The molecule has 0 bridgehead atoms. The maximum Gasteiger partial charge on any atom is 0.319 e. The highest BCUT2D eigenvalue weighted by molar-refractivity contribution is 6.30. The lowest BCUT2D eigenvalue weighted by atomic mass is 10.1. The fourth-order valence-corrected chi connectivity index (χ4v) is 2.31. The molecule has 1 heterocycles. The fourth-order valence-electron chi connectivity index (χ4n) is 2.12. The molecule has 0 aliphatic heterocycles. The summed E-state index contributed by atoms with van der Waals surface area (Å²) >= 11 is 5.98. The minimum atomic E-state index is -0.429. The number of hydrogen-bond acceptors (Lipinski definition) is 3. The molecule has 1 aromatic heterocycles. The predicted molar refractivity (Wildman–Crippen MR) is 89.1 cm³/mol. The minimum absolute atomic E-state index is 0.172. The lowest BCUT2D eigenvalue weighted by Crippen LogP contribution is -2.28. The summed E-state index contributed by atoms with van der Waals surface area (Å²) in [6.07, 6.45) is 0. The molecule has 24 heavy (non-hydrogen) atoms. The minimum Gasteiger partial charge on any atom is -0.332 e. The molecule has 6 nitrogen and oxygen atoms in total. The second kappa shape index (κ2) is 7.10. The van der Waals surface area contributed by atoms with Gasteiger partial charge in [0.2, 0.25) is 0 Å². The first kappa shape index (κ1) is 15.9. The molecule has 2 amide bonds. The largest absolute Gasteiger partial charge is 0.332 e. The van der Waals surface area contributed by atoms with E-state index in [0.717, 1.165) is 5.56 Å². The van der Waals surface area contributed by atoms with E-state index in [1.165, 1.54) is 24.3 Å². The van der Waals surface area contributed by atoms with Crippen LogP contribution in [0.15, 0.2) is 48.5 Å². The van der Waals surface area contributed by atoms with Crippen LogP contribution in [0.3, 0.4) is 0 Å². The second-order valence-corrected chi connectivity index (χ2v) is 5.38. The van der Waals surface area contributed by atoms with Gasteiger partial charge in [-0.1, -0.05) is 23.7 Å². The van der Waals surface area contributed by atoms with Crippen molar-refractivity contribution in [1.82, 2.24) is 20.7 Å². The van der Waals surface area contributed by atoms with Crippen LogP contribution in [0.25, 0.3) is 11.3 Å². The highest BCUT2D eigenvalue weighted by Gasteiger charge is 2.12. The second-order valence-electron chi connectivity index (χ2n) is 4.94. The van der Waals surface area contributed by atoms with Gasteiger partial charge in [0, 0.05) is 16.3 Å². The number of amides is 2. The van der Waals surface area contributed by atoms with Crippen molar-refractivity contribution in [3.05, 3.63) is 65.1 Å². The number of aromatic nitrogens is 3. The van der Waals surface area contributed by atoms with Gasteiger partial charge < -0.3 is 10.6 Å². The highest BCUT2D eigenvalue weighted by Crippen LogP contribution is 2.22. The van der Waals surface area contributed by atoms with Gasteiger partial charge in [0.1, 0.15) is 17.2 Å². The molecule has 0 aliphatic rings. The SMILES string of the molecule is O=C(NCc1n[nH]nc1-c1cccc(Cl)c1)Nc1ccc(F)cc1. The lowest BCUT2D eigenvalue weighted by molar-refractivity contribution is 0.251. The van der Waals surface area contributed by atoms with Gasteiger partial charge in [-0.3, -0.25) is 0 Å². The molecular weight excluding hydrogens is 333 g/mol. The van der Waals surface area contributed by atoms with Gasteiger partial charge in [0.05, 0.1) is 6.54 Å². The van der Waals surface area contributed by atoms with Gasteiger partial charge in [-0.05, 0) is 36.4 Å². The number of halogens is 2. The van der Waals surface area contributed by atoms with Crippen molar-refractivity contribution in [2.45, 2.75) is 6.54 Å². The molecule has 0 radical (unpaired) electrons. The van der Waals surface area contributed by atoms with Crippen LogP contribution in [0.5, 0.6) is 0 Å². The van der Waals surface area contributed by atoms with Gasteiger partial charge in [0.15, 0.2) is 0 Å². The molecule has 0 aliphatic carbocycles. The van der Waals surface area contributed by atoms with Crippen LogP contribution in [-0.2, 0) is 6.54 Å². The Morgan fingerprint density at radius 2 is 1.96 bits per heavy atom. The average molecular weight is 346 g/mol. The van der Waals surface area contributed by atoms with E-state index in [9.17, 15) is 9.18 Å². The Kier molecular flexibility index (Phi) is 4.72. The zero-order valence-electron chi connectivity index (χ0n) is 12.4. The van der Waals surface area contributed by atoms with Crippen molar-refractivity contribution < 1.29 is 9.18 Å². The lowest BCUT2D eigenvalue weighted by Gasteiger charge is -2.07. The number of carbonyl (C=O) groups excluding carboxylic acids is 1. The van der Waals surface area contributed by atoms with Gasteiger partial charge in [0.25, 0.3) is 0 Å². The van der Waals surface area contributed by atoms with Crippen molar-refractivity contribution in [2.24, 2.45) is 0 Å². The van der Waals surface area contributed by atoms with Crippen molar-refractivity contribution in [3.63, 3.8) is 0 Å². The highest BCUT2D eigenvalue weighted by atomic mass is 35.5. The molecule has 3 aromatic rings.